The molecule has 134 valence electrons. The number of anilines is 2. The molecule has 3 heterocycles. The van der Waals surface area contributed by atoms with Crippen LogP contribution in [0.2, 0.25) is 0 Å². The van der Waals surface area contributed by atoms with Crippen LogP contribution in [0.1, 0.15) is 12.8 Å². The van der Waals surface area contributed by atoms with Gasteiger partial charge in [0.25, 0.3) is 0 Å². The molecule has 2 fully saturated rings. The van der Waals surface area contributed by atoms with Crippen LogP contribution >= 0.6 is 0 Å². The van der Waals surface area contributed by atoms with Gasteiger partial charge in [0.2, 0.25) is 11.8 Å². The molecule has 2 amide bonds. The Morgan fingerprint density at radius 3 is 2.64 bits per heavy atom. The number of hydrogen-bond donors (Lipinski definition) is 1. The molecule has 0 aliphatic carbocycles. The van der Waals surface area contributed by atoms with E-state index in [1.165, 1.54) is 6.08 Å². The molecule has 1 aromatic heterocycles. The molecule has 0 unspecified atom stereocenters. The smallest absolute Gasteiger partial charge is 0.245 e. The molecule has 0 atom stereocenters. The van der Waals surface area contributed by atoms with Crippen LogP contribution in [0.5, 0.6) is 0 Å². The van der Waals surface area contributed by atoms with Gasteiger partial charge in [-0.2, -0.15) is 0 Å². The van der Waals surface area contributed by atoms with Gasteiger partial charge in [-0.25, -0.2) is 0 Å². The van der Waals surface area contributed by atoms with Gasteiger partial charge in [-0.3, -0.25) is 14.6 Å². The van der Waals surface area contributed by atoms with Crippen molar-refractivity contribution in [3.8, 4) is 0 Å². The van der Waals surface area contributed by atoms with Crippen LogP contribution in [0.4, 0.5) is 11.4 Å². The Morgan fingerprint density at radius 1 is 1.24 bits per heavy atom. The van der Waals surface area contributed by atoms with Crippen molar-refractivity contribution in [3.05, 3.63) is 31.1 Å². The summed E-state index contributed by atoms with van der Waals surface area (Å²) in [5.41, 5.74) is 1.71. The number of hydrogen-bond acceptors (Lipinski definition) is 5. The molecule has 7 nitrogen and oxygen atoms in total. The van der Waals surface area contributed by atoms with Crippen LogP contribution < -0.4 is 10.2 Å². The second kappa shape index (κ2) is 8.11. The van der Waals surface area contributed by atoms with Crippen molar-refractivity contribution in [2.24, 2.45) is 5.92 Å². The summed E-state index contributed by atoms with van der Waals surface area (Å²) in [7, 11) is 0. The van der Waals surface area contributed by atoms with Crippen LogP contribution in [0.3, 0.4) is 0 Å². The number of amides is 2. The van der Waals surface area contributed by atoms with E-state index in [2.05, 4.69) is 21.8 Å². The van der Waals surface area contributed by atoms with Crippen molar-refractivity contribution < 1.29 is 14.3 Å². The molecule has 1 N–H and O–H groups in total. The number of rotatable bonds is 4. The summed E-state index contributed by atoms with van der Waals surface area (Å²) in [6.07, 6.45) is 6.13. The monoisotopic (exact) mass is 344 g/mol. The Labute approximate surface area is 147 Å². The lowest BCUT2D eigenvalue weighted by Gasteiger charge is -2.32. The molecule has 25 heavy (non-hydrogen) atoms. The van der Waals surface area contributed by atoms with Crippen LogP contribution in [0.25, 0.3) is 0 Å². The highest BCUT2D eigenvalue weighted by molar-refractivity contribution is 5.96. The minimum Gasteiger partial charge on any atom is -0.378 e. The number of nitrogens with one attached hydrogen (secondary N) is 1. The number of morpholine rings is 1. The summed E-state index contributed by atoms with van der Waals surface area (Å²) in [6, 6.07) is 1.83. The number of nitrogens with zero attached hydrogens (tertiary/aromatic N) is 3. The fraction of sp³-hybridized carbons (Fsp3) is 0.500. The summed E-state index contributed by atoms with van der Waals surface area (Å²) in [4.78, 5) is 32.4. The Balaban J connectivity index is 1.62. The van der Waals surface area contributed by atoms with Crippen molar-refractivity contribution in [3.63, 3.8) is 0 Å². The fourth-order valence-corrected chi connectivity index (χ4v) is 3.27. The molecule has 2 aliphatic rings. The number of piperidine rings is 1. The van der Waals surface area contributed by atoms with E-state index in [9.17, 15) is 9.59 Å². The standard InChI is InChI=1S/C18H24N4O3/c1-2-17(23)22-7-4-14(5-8-22)18(24)20-15-3-6-19-13-16(15)21-9-11-25-12-10-21/h2-3,6,13-14H,1,4-5,7-12H2,(H,19,20,24). The number of ether oxygens (including phenoxy) is 1. The zero-order chi connectivity index (χ0) is 17.6. The molecule has 2 saturated heterocycles. The van der Waals surface area contributed by atoms with E-state index in [0.29, 0.717) is 39.1 Å². The normalized spacial score (nSPS) is 18.7. The minimum atomic E-state index is -0.0837. The molecule has 0 aromatic carbocycles. The Morgan fingerprint density at radius 2 is 1.96 bits per heavy atom. The number of carbonyl (C=O) groups excluding carboxylic acids is 2. The van der Waals surface area contributed by atoms with Crippen molar-refractivity contribution in [1.82, 2.24) is 9.88 Å². The maximum Gasteiger partial charge on any atom is 0.245 e. The molecular formula is C18H24N4O3. The largest absolute Gasteiger partial charge is 0.378 e. The number of likely N-dealkylation sites (tertiary alicyclic amines) is 1. The highest BCUT2D eigenvalue weighted by Gasteiger charge is 2.27. The quantitative estimate of drug-likeness (QED) is 0.833. The molecule has 2 aliphatic heterocycles. The Kier molecular flexibility index (Phi) is 5.65. The average molecular weight is 344 g/mol. The fourth-order valence-electron chi connectivity index (χ4n) is 3.27. The highest BCUT2D eigenvalue weighted by atomic mass is 16.5. The number of carbonyl (C=O) groups is 2. The maximum absolute atomic E-state index is 12.7. The Bertz CT molecular complexity index is 635. The summed E-state index contributed by atoms with van der Waals surface area (Å²) in [5.74, 6) is -0.145. The molecule has 0 saturated carbocycles. The molecule has 7 heteroatoms. The van der Waals surface area contributed by atoms with E-state index in [4.69, 9.17) is 4.74 Å². The van der Waals surface area contributed by atoms with Gasteiger partial charge in [0.05, 0.1) is 30.8 Å². The maximum atomic E-state index is 12.7. The molecule has 0 bridgehead atoms. The van der Waals surface area contributed by atoms with Gasteiger partial charge in [0.15, 0.2) is 0 Å². The molecule has 1 aromatic rings. The topological polar surface area (TPSA) is 74.8 Å². The molecule has 0 radical (unpaired) electrons. The summed E-state index contributed by atoms with van der Waals surface area (Å²) in [5, 5.41) is 3.05. The lowest BCUT2D eigenvalue weighted by atomic mass is 9.95. The molecule has 0 spiro atoms. The summed E-state index contributed by atoms with van der Waals surface area (Å²) in [6.45, 7) is 7.63. The number of aromatic nitrogens is 1. The van der Waals surface area contributed by atoms with Gasteiger partial charge in [0, 0.05) is 38.3 Å². The average Bonchev–Trinajstić information content (AvgIpc) is 2.68. The van der Waals surface area contributed by atoms with Gasteiger partial charge >= 0.3 is 0 Å². The second-order valence-corrected chi connectivity index (χ2v) is 6.29. The first kappa shape index (κ1) is 17.4. The van der Waals surface area contributed by atoms with Crippen LogP contribution in [0, 0.1) is 5.92 Å². The highest BCUT2D eigenvalue weighted by Crippen LogP contribution is 2.27. The van der Waals surface area contributed by atoms with Gasteiger partial charge in [-0.05, 0) is 25.0 Å². The molecular weight excluding hydrogens is 320 g/mol. The van der Waals surface area contributed by atoms with Gasteiger partial charge in [-0.1, -0.05) is 6.58 Å². The van der Waals surface area contributed by atoms with Crippen molar-refractivity contribution >= 4 is 23.2 Å². The van der Waals surface area contributed by atoms with Crippen molar-refractivity contribution in [2.75, 3.05) is 49.6 Å². The summed E-state index contributed by atoms with van der Waals surface area (Å²) < 4.78 is 5.39. The third-order valence-electron chi connectivity index (χ3n) is 4.76. The SMILES string of the molecule is C=CC(=O)N1CCC(C(=O)Nc2ccncc2N2CCOCC2)CC1. The lowest BCUT2D eigenvalue weighted by molar-refractivity contribution is -0.130. The van der Waals surface area contributed by atoms with E-state index in [1.54, 1.807) is 17.3 Å². The van der Waals surface area contributed by atoms with Gasteiger partial charge in [-0.15, -0.1) is 0 Å². The van der Waals surface area contributed by atoms with E-state index in [-0.39, 0.29) is 17.7 Å². The van der Waals surface area contributed by atoms with Crippen LogP contribution in [-0.4, -0.2) is 61.1 Å². The zero-order valence-corrected chi connectivity index (χ0v) is 14.3. The predicted octanol–water partition coefficient (Wildman–Crippen LogP) is 1.28. The van der Waals surface area contributed by atoms with Gasteiger partial charge in [0.1, 0.15) is 0 Å². The van der Waals surface area contributed by atoms with E-state index in [1.807, 2.05) is 6.07 Å². The van der Waals surface area contributed by atoms with E-state index >= 15 is 0 Å². The number of pyridine rings is 1. The van der Waals surface area contributed by atoms with E-state index < -0.39 is 0 Å². The van der Waals surface area contributed by atoms with Crippen molar-refractivity contribution in [1.29, 1.82) is 0 Å². The van der Waals surface area contributed by atoms with E-state index in [0.717, 1.165) is 24.5 Å². The predicted molar refractivity (Wildman–Crippen MR) is 95.4 cm³/mol. The first-order chi connectivity index (χ1) is 12.2. The second-order valence-electron chi connectivity index (χ2n) is 6.29. The Hall–Kier alpha value is -2.41. The minimum absolute atomic E-state index is 0.00594. The van der Waals surface area contributed by atoms with Crippen LogP contribution in [0.15, 0.2) is 31.1 Å². The van der Waals surface area contributed by atoms with Crippen LogP contribution in [-0.2, 0) is 14.3 Å². The summed E-state index contributed by atoms with van der Waals surface area (Å²) >= 11 is 0. The third kappa shape index (κ3) is 4.17. The van der Waals surface area contributed by atoms with Gasteiger partial charge < -0.3 is 19.9 Å². The lowest BCUT2D eigenvalue weighted by Crippen LogP contribution is -2.41. The first-order valence-corrected chi connectivity index (χ1v) is 8.68. The van der Waals surface area contributed by atoms with Crippen molar-refractivity contribution in [2.45, 2.75) is 12.8 Å². The zero-order valence-electron chi connectivity index (χ0n) is 14.3. The molecule has 3 rings (SSSR count). The third-order valence-corrected chi connectivity index (χ3v) is 4.76. The first-order valence-electron chi connectivity index (χ1n) is 8.68.